The number of amides is 1. The number of hydrogen-bond acceptors (Lipinski definition) is 5. The van der Waals surface area contributed by atoms with Gasteiger partial charge in [-0.05, 0) is 38.3 Å². The first-order valence-corrected chi connectivity index (χ1v) is 6.70. The molecule has 7 heteroatoms. The number of nitrogens with one attached hydrogen (secondary N) is 1. The third-order valence-corrected chi connectivity index (χ3v) is 2.80. The van der Waals surface area contributed by atoms with Crippen molar-refractivity contribution in [3.05, 3.63) is 4.91 Å². The Morgan fingerprint density at radius 3 is 2.40 bits per heavy atom. The first-order chi connectivity index (χ1) is 9.42. The van der Waals surface area contributed by atoms with Crippen molar-refractivity contribution in [2.45, 2.75) is 51.6 Å². The van der Waals surface area contributed by atoms with Crippen molar-refractivity contribution in [3.8, 4) is 0 Å². The van der Waals surface area contributed by atoms with Gasteiger partial charge in [-0.3, -0.25) is 4.79 Å². The van der Waals surface area contributed by atoms with Crippen LogP contribution in [0.15, 0.2) is 10.2 Å². The molecule has 0 saturated carbocycles. The van der Waals surface area contributed by atoms with Crippen LogP contribution in [0, 0.1) is 10.8 Å². The minimum Gasteiger partial charge on any atom is -0.480 e. The summed E-state index contributed by atoms with van der Waals surface area (Å²) in [5.41, 5.74) is 0. The van der Waals surface area contributed by atoms with Gasteiger partial charge in [-0.1, -0.05) is 19.0 Å². The maximum absolute atomic E-state index is 11.8. The third kappa shape index (κ3) is 7.60. The largest absolute Gasteiger partial charge is 0.480 e. The number of nitroso groups, excluding NO2 is 1. The molecule has 114 valence electrons. The summed E-state index contributed by atoms with van der Waals surface area (Å²) in [6, 6.07) is -2.03. The molecule has 0 fully saturated rings. The molecule has 7 nitrogen and oxygen atoms in total. The molecule has 0 spiro atoms. The zero-order chi connectivity index (χ0) is 15.5. The number of rotatable bonds is 11. The Kier molecular flexibility index (Phi) is 9.15. The van der Waals surface area contributed by atoms with Crippen LogP contribution in [0.2, 0.25) is 0 Å². The van der Waals surface area contributed by atoms with Crippen LogP contribution in [0.4, 0.5) is 0 Å². The molecule has 0 aliphatic carbocycles. The smallest absolute Gasteiger partial charge is 0.326 e. The van der Waals surface area contributed by atoms with E-state index in [9.17, 15) is 14.5 Å². The number of carboxylic acids is 1. The lowest BCUT2D eigenvalue weighted by Gasteiger charge is -2.17. The standard InChI is InChI=1S/C13H23N3O4/c1-9(2)8-11(16-20)12(17)15-10(13(18)19)6-4-5-7-14-3/h9-11H,3-8H2,1-2H3,(H,15,17)(H,18,19). The summed E-state index contributed by atoms with van der Waals surface area (Å²) in [5, 5.41) is 14.2. The van der Waals surface area contributed by atoms with Crippen molar-refractivity contribution in [2.75, 3.05) is 6.54 Å². The van der Waals surface area contributed by atoms with Gasteiger partial charge in [0.15, 0.2) is 6.04 Å². The van der Waals surface area contributed by atoms with E-state index in [4.69, 9.17) is 5.11 Å². The molecular formula is C13H23N3O4. The molecule has 0 aliphatic heterocycles. The van der Waals surface area contributed by atoms with Crippen molar-refractivity contribution < 1.29 is 14.7 Å². The molecule has 2 atom stereocenters. The van der Waals surface area contributed by atoms with Crippen molar-refractivity contribution >= 4 is 18.6 Å². The van der Waals surface area contributed by atoms with E-state index >= 15 is 0 Å². The summed E-state index contributed by atoms with van der Waals surface area (Å²) in [7, 11) is 0. The van der Waals surface area contributed by atoms with Gasteiger partial charge in [0.1, 0.15) is 6.04 Å². The maximum atomic E-state index is 11.8. The second-order valence-corrected chi connectivity index (χ2v) is 5.09. The van der Waals surface area contributed by atoms with E-state index in [-0.39, 0.29) is 5.92 Å². The van der Waals surface area contributed by atoms with Crippen LogP contribution in [0.3, 0.4) is 0 Å². The van der Waals surface area contributed by atoms with Crippen LogP contribution in [-0.4, -0.2) is 42.3 Å². The van der Waals surface area contributed by atoms with Crippen LogP contribution in [0.1, 0.15) is 39.5 Å². The van der Waals surface area contributed by atoms with E-state index in [1.807, 2.05) is 13.8 Å². The van der Waals surface area contributed by atoms with Crippen LogP contribution in [0.25, 0.3) is 0 Å². The number of unbranched alkanes of at least 4 members (excludes halogenated alkanes) is 1. The minimum absolute atomic E-state index is 0.130. The normalized spacial score (nSPS) is 13.6. The van der Waals surface area contributed by atoms with Crippen LogP contribution in [-0.2, 0) is 9.59 Å². The highest BCUT2D eigenvalue weighted by Crippen LogP contribution is 2.09. The number of nitrogens with zero attached hydrogens (tertiary/aromatic N) is 2. The SMILES string of the molecule is C=NCCCCC(NC(=O)C(CC(C)C)N=O)C(=O)O. The highest BCUT2D eigenvalue weighted by atomic mass is 16.4. The van der Waals surface area contributed by atoms with Crippen molar-refractivity contribution in [1.29, 1.82) is 0 Å². The average molecular weight is 285 g/mol. The van der Waals surface area contributed by atoms with Crippen molar-refractivity contribution in [3.63, 3.8) is 0 Å². The van der Waals surface area contributed by atoms with E-state index in [1.165, 1.54) is 0 Å². The minimum atomic E-state index is -1.11. The van der Waals surface area contributed by atoms with E-state index in [0.717, 1.165) is 0 Å². The first-order valence-electron chi connectivity index (χ1n) is 6.70. The van der Waals surface area contributed by atoms with Gasteiger partial charge >= 0.3 is 5.97 Å². The predicted molar refractivity (Wildman–Crippen MR) is 76.9 cm³/mol. The molecule has 0 aromatic heterocycles. The molecule has 0 radical (unpaired) electrons. The Morgan fingerprint density at radius 2 is 1.95 bits per heavy atom. The van der Waals surface area contributed by atoms with Gasteiger partial charge in [0.25, 0.3) is 0 Å². The molecule has 0 heterocycles. The first kappa shape index (κ1) is 18.2. The molecule has 0 bridgehead atoms. The monoisotopic (exact) mass is 285 g/mol. The van der Waals surface area contributed by atoms with Gasteiger partial charge in [0, 0.05) is 6.54 Å². The summed E-state index contributed by atoms with van der Waals surface area (Å²) >= 11 is 0. The summed E-state index contributed by atoms with van der Waals surface area (Å²) < 4.78 is 0. The van der Waals surface area contributed by atoms with Gasteiger partial charge in [-0.25, -0.2) is 4.79 Å². The molecule has 2 N–H and O–H groups in total. The fraction of sp³-hybridized carbons (Fsp3) is 0.769. The number of hydrogen-bond donors (Lipinski definition) is 2. The van der Waals surface area contributed by atoms with Crippen molar-refractivity contribution in [1.82, 2.24) is 5.32 Å². The van der Waals surface area contributed by atoms with Gasteiger partial charge in [-0.2, -0.15) is 0 Å². The molecule has 0 aromatic carbocycles. The van der Waals surface area contributed by atoms with Gasteiger partial charge in [0.05, 0.1) is 0 Å². The Morgan fingerprint density at radius 1 is 1.30 bits per heavy atom. The Labute approximate surface area is 118 Å². The molecule has 2 unspecified atom stereocenters. The van der Waals surface area contributed by atoms with Gasteiger partial charge in [-0.15, -0.1) is 4.91 Å². The highest BCUT2D eigenvalue weighted by Gasteiger charge is 2.26. The molecule has 0 aliphatic rings. The molecule has 20 heavy (non-hydrogen) atoms. The summed E-state index contributed by atoms with van der Waals surface area (Å²) in [6.45, 7) is 7.63. The van der Waals surface area contributed by atoms with Gasteiger partial charge < -0.3 is 15.4 Å². The zero-order valence-electron chi connectivity index (χ0n) is 12.0. The van der Waals surface area contributed by atoms with E-state index in [2.05, 4.69) is 22.2 Å². The quantitative estimate of drug-likeness (QED) is 0.341. The van der Waals surface area contributed by atoms with Crippen LogP contribution >= 0.6 is 0 Å². The van der Waals surface area contributed by atoms with Gasteiger partial charge in [0.2, 0.25) is 5.91 Å². The fourth-order valence-corrected chi connectivity index (χ4v) is 1.74. The maximum Gasteiger partial charge on any atom is 0.326 e. The molecule has 0 aromatic rings. The predicted octanol–water partition coefficient (Wildman–Crippen LogP) is 1.61. The Hall–Kier alpha value is -1.79. The number of aliphatic carboxylic acids is 1. The van der Waals surface area contributed by atoms with Crippen molar-refractivity contribution in [2.24, 2.45) is 16.1 Å². The highest BCUT2D eigenvalue weighted by molar-refractivity contribution is 5.86. The Balaban J connectivity index is 4.41. The molecule has 0 rings (SSSR count). The lowest BCUT2D eigenvalue weighted by atomic mass is 10.0. The average Bonchev–Trinajstić information content (AvgIpc) is 2.38. The molecule has 1 amide bonds. The molecular weight excluding hydrogens is 262 g/mol. The molecule has 0 saturated heterocycles. The lowest BCUT2D eigenvalue weighted by Crippen LogP contribution is -2.45. The lowest BCUT2D eigenvalue weighted by molar-refractivity contribution is -0.142. The number of carbonyl (C=O) groups excluding carboxylic acids is 1. The second kappa shape index (κ2) is 10.1. The summed E-state index contributed by atoms with van der Waals surface area (Å²) in [5.74, 6) is -1.60. The fourth-order valence-electron chi connectivity index (χ4n) is 1.74. The van der Waals surface area contributed by atoms with E-state index in [0.29, 0.717) is 32.2 Å². The van der Waals surface area contributed by atoms with Crippen LogP contribution in [0.5, 0.6) is 0 Å². The third-order valence-electron chi connectivity index (χ3n) is 2.80. The second-order valence-electron chi connectivity index (χ2n) is 5.09. The van der Waals surface area contributed by atoms with E-state index < -0.39 is 24.0 Å². The van der Waals surface area contributed by atoms with E-state index in [1.54, 1.807) is 0 Å². The van der Waals surface area contributed by atoms with Crippen LogP contribution < -0.4 is 5.32 Å². The number of carboxylic acid groups (broad SMARTS) is 1. The topological polar surface area (TPSA) is 108 Å². The Bertz CT molecular complexity index is 345. The summed E-state index contributed by atoms with van der Waals surface area (Å²) in [6.07, 6.45) is 1.93. The zero-order valence-corrected chi connectivity index (χ0v) is 12.0. The summed E-state index contributed by atoms with van der Waals surface area (Å²) in [4.78, 5) is 37.2. The number of carbonyl (C=O) groups is 2. The number of aliphatic imine (C=N–C) groups is 1.